The van der Waals surface area contributed by atoms with Crippen LogP contribution in [-0.4, -0.2) is 43.9 Å². The van der Waals surface area contributed by atoms with Gasteiger partial charge in [0.25, 0.3) is 0 Å². The Morgan fingerprint density at radius 1 is 1.08 bits per heavy atom. The van der Waals surface area contributed by atoms with Gasteiger partial charge in [0.1, 0.15) is 11.6 Å². The molecule has 8 rings (SSSR count). The van der Waals surface area contributed by atoms with Crippen LogP contribution < -0.4 is 31.4 Å². The molecule has 3 aromatic rings. The Kier molecular flexibility index (Phi) is 5.52. The molecule has 196 valence electrons. The molecule has 5 atom stereocenters. The van der Waals surface area contributed by atoms with E-state index in [1.165, 1.54) is 78.5 Å². The van der Waals surface area contributed by atoms with E-state index in [0.29, 0.717) is 6.04 Å². The fourth-order valence-electron chi connectivity index (χ4n) is 9.38. The first-order valence-electron chi connectivity index (χ1n) is 14.1. The number of halogens is 1. The van der Waals surface area contributed by atoms with Crippen molar-refractivity contribution in [3.8, 4) is 11.5 Å². The maximum atomic E-state index is 7.02. The predicted molar refractivity (Wildman–Crippen MR) is 139 cm³/mol. The lowest BCUT2D eigenvalue weighted by atomic mass is 9.48. The van der Waals surface area contributed by atoms with Gasteiger partial charge in [-0.25, -0.2) is 0 Å². The monoisotopic (exact) mass is 564 g/mol. The Morgan fingerprint density at radius 2 is 1.92 bits per heavy atom. The molecule has 3 heterocycles. The summed E-state index contributed by atoms with van der Waals surface area (Å²) in [5.74, 6) is 2.67. The highest BCUT2D eigenvalue weighted by Gasteiger charge is 2.75. The number of ether oxygens (including phenoxy) is 3. The number of fused-ring (bicyclic) bond motifs is 4. The van der Waals surface area contributed by atoms with Crippen molar-refractivity contribution in [3.63, 3.8) is 0 Å². The molecule has 3 aliphatic carbocycles. The van der Waals surface area contributed by atoms with Gasteiger partial charge < -0.3 is 41.1 Å². The van der Waals surface area contributed by atoms with E-state index in [2.05, 4.69) is 41.4 Å². The number of benzene rings is 2. The van der Waals surface area contributed by atoms with E-state index in [9.17, 15) is 0 Å². The number of aromatic amines is 1. The van der Waals surface area contributed by atoms with Gasteiger partial charge in [-0.05, 0) is 36.1 Å². The second-order valence-electron chi connectivity index (χ2n) is 12.1. The molecule has 1 saturated heterocycles. The number of hydrogen-bond donors (Lipinski definition) is 2. The van der Waals surface area contributed by atoms with Crippen LogP contribution in [0.3, 0.4) is 0 Å². The van der Waals surface area contributed by atoms with Crippen LogP contribution >= 0.6 is 0 Å². The first-order chi connectivity index (χ1) is 17.7. The van der Waals surface area contributed by atoms with E-state index in [1.807, 2.05) is 7.11 Å². The number of hydrogen-bond acceptors (Lipinski definition) is 3. The molecule has 2 N–H and O–H groups in total. The first kappa shape index (κ1) is 24.1. The van der Waals surface area contributed by atoms with E-state index in [4.69, 9.17) is 14.2 Å². The van der Waals surface area contributed by atoms with Crippen LogP contribution in [0.1, 0.15) is 67.0 Å². The van der Waals surface area contributed by atoms with Gasteiger partial charge >= 0.3 is 0 Å². The van der Waals surface area contributed by atoms with Crippen molar-refractivity contribution < 1.29 is 36.1 Å². The molecule has 2 aliphatic heterocycles. The predicted octanol–water partition coefficient (Wildman–Crippen LogP) is 1.29. The summed E-state index contributed by atoms with van der Waals surface area (Å²) in [5, 5.41) is 1.32. The molecular formula is C31H37BrN2O3. The standard InChI is InChI=1S/C31H36N2O3.BrH/c1-34-24-13-12-20-16-25-31(35-2)17-22-21-10-6-7-11-23(21)32-27(22)29-30(31,26(20)28(24)36-29)14-15-33(25)18-19-8-4-3-5-9-19;/h6-7,10-13,19,25,29,32H,3-5,8-9,14-18H2,1-2H3;1H/t25-,29-,30-,31+;/m0./s1. The fraction of sp³-hybridized carbons (Fsp3) is 0.548. The molecule has 1 unspecified atom stereocenters. The molecule has 0 amide bonds. The van der Waals surface area contributed by atoms with Crippen molar-refractivity contribution in [2.45, 2.75) is 74.5 Å². The van der Waals surface area contributed by atoms with E-state index >= 15 is 0 Å². The van der Waals surface area contributed by atoms with Gasteiger partial charge in [0, 0.05) is 48.8 Å². The maximum Gasteiger partial charge on any atom is 0.166 e. The molecule has 6 heteroatoms. The number of piperidine rings is 1. The highest BCUT2D eigenvalue weighted by molar-refractivity contribution is 5.86. The molecule has 2 aromatic carbocycles. The van der Waals surface area contributed by atoms with Crippen LogP contribution in [0.5, 0.6) is 11.5 Å². The minimum Gasteiger partial charge on any atom is -1.00 e. The summed E-state index contributed by atoms with van der Waals surface area (Å²) in [5.41, 5.74) is 6.21. The number of likely N-dealkylation sites (tertiary alicyclic amines) is 1. The summed E-state index contributed by atoms with van der Waals surface area (Å²) in [6, 6.07) is 13.6. The Balaban J connectivity index is 0.00000231. The summed E-state index contributed by atoms with van der Waals surface area (Å²) in [7, 11) is 3.75. The Morgan fingerprint density at radius 3 is 2.73 bits per heavy atom. The Hall–Kier alpha value is -2.02. The average Bonchev–Trinajstić information content (AvgIpc) is 3.46. The molecule has 5 aliphatic rings. The van der Waals surface area contributed by atoms with E-state index in [-0.39, 0.29) is 34.1 Å². The molecular weight excluding hydrogens is 528 g/mol. The average molecular weight is 566 g/mol. The van der Waals surface area contributed by atoms with Crippen LogP contribution in [-0.2, 0) is 23.0 Å². The highest BCUT2D eigenvalue weighted by atomic mass is 79.9. The smallest absolute Gasteiger partial charge is 0.166 e. The third-order valence-corrected chi connectivity index (χ3v) is 10.8. The van der Waals surface area contributed by atoms with Crippen LogP contribution in [0.15, 0.2) is 36.4 Å². The van der Waals surface area contributed by atoms with Gasteiger partial charge in [-0.2, -0.15) is 0 Å². The lowest BCUT2D eigenvalue weighted by Gasteiger charge is -2.62. The molecule has 37 heavy (non-hydrogen) atoms. The van der Waals surface area contributed by atoms with Crippen LogP contribution in [0.4, 0.5) is 0 Å². The molecule has 2 fully saturated rings. The highest BCUT2D eigenvalue weighted by Crippen LogP contribution is 2.68. The summed E-state index contributed by atoms with van der Waals surface area (Å²) in [4.78, 5) is 5.58. The summed E-state index contributed by atoms with van der Waals surface area (Å²) < 4.78 is 19.8. The van der Waals surface area contributed by atoms with Gasteiger partial charge in [0.05, 0.1) is 31.3 Å². The molecule has 0 radical (unpaired) electrons. The van der Waals surface area contributed by atoms with Crippen LogP contribution in [0.25, 0.3) is 10.9 Å². The van der Waals surface area contributed by atoms with E-state index < -0.39 is 0 Å². The zero-order valence-corrected chi connectivity index (χ0v) is 23.5. The molecule has 5 nitrogen and oxygen atoms in total. The normalized spacial score (nSPS) is 33.3. The van der Waals surface area contributed by atoms with Crippen molar-refractivity contribution in [2.75, 3.05) is 27.3 Å². The van der Waals surface area contributed by atoms with Crippen molar-refractivity contribution >= 4 is 10.9 Å². The quantitative estimate of drug-likeness (QED) is 0.502. The maximum absolute atomic E-state index is 7.02. The number of quaternary nitrogens is 1. The minimum absolute atomic E-state index is 0. The minimum atomic E-state index is -0.289. The van der Waals surface area contributed by atoms with Gasteiger partial charge in [-0.15, -0.1) is 0 Å². The Labute approximate surface area is 229 Å². The van der Waals surface area contributed by atoms with Gasteiger partial charge in [-0.3, -0.25) is 0 Å². The zero-order chi connectivity index (χ0) is 24.1. The lowest BCUT2D eigenvalue weighted by Crippen LogP contribution is -3.22. The fourth-order valence-corrected chi connectivity index (χ4v) is 9.38. The third kappa shape index (κ3) is 2.93. The number of nitrogens with one attached hydrogen (secondary N) is 2. The number of rotatable bonds is 4. The van der Waals surface area contributed by atoms with E-state index in [0.717, 1.165) is 36.7 Å². The first-order valence-corrected chi connectivity index (χ1v) is 14.1. The SMILES string of the molecule is COc1ccc2c3c1O[C@H]1c4[nH]c5ccccc5c4C[C@@]4(OC)[C@H](C2)[NH+](CC2CCCCC2)CC[C@]314.[Br-]. The molecule has 2 bridgehead atoms. The Bertz CT molecular complexity index is 1360. The van der Waals surface area contributed by atoms with Gasteiger partial charge in [0.2, 0.25) is 0 Å². The molecule has 1 saturated carbocycles. The summed E-state index contributed by atoms with van der Waals surface area (Å²) in [6.07, 6.45) is 10.0. The number of aromatic nitrogens is 1. The third-order valence-electron chi connectivity index (χ3n) is 10.8. The number of H-pyrrole nitrogens is 1. The van der Waals surface area contributed by atoms with Crippen LogP contribution in [0.2, 0.25) is 0 Å². The number of para-hydroxylation sites is 1. The second-order valence-corrected chi connectivity index (χ2v) is 12.1. The van der Waals surface area contributed by atoms with Crippen LogP contribution in [0, 0.1) is 5.92 Å². The lowest BCUT2D eigenvalue weighted by molar-refractivity contribution is -0.945. The summed E-state index contributed by atoms with van der Waals surface area (Å²) in [6.45, 7) is 2.48. The van der Waals surface area contributed by atoms with E-state index in [1.54, 1.807) is 12.0 Å². The van der Waals surface area contributed by atoms with Crippen molar-refractivity contribution in [1.82, 2.24) is 4.98 Å². The van der Waals surface area contributed by atoms with Crippen molar-refractivity contribution in [2.24, 2.45) is 5.92 Å². The zero-order valence-electron chi connectivity index (χ0n) is 21.9. The number of methoxy groups -OCH3 is 2. The molecule has 1 spiro atoms. The largest absolute Gasteiger partial charge is 1.00 e. The van der Waals surface area contributed by atoms with Gasteiger partial charge in [0.15, 0.2) is 17.6 Å². The van der Waals surface area contributed by atoms with Crippen molar-refractivity contribution in [3.05, 3.63) is 58.8 Å². The van der Waals surface area contributed by atoms with Gasteiger partial charge in [-0.1, -0.05) is 43.5 Å². The topological polar surface area (TPSA) is 47.9 Å². The molecule has 1 aromatic heterocycles. The second kappa shape index (κ2) is 8.49. The van der Waals surface area contributed by atoms with Crippen molar-refractivity contribution in [1.29, 1.82) is 0 Å². The summed E-state index contributed by atoms with van der Waals surface area (Å²) >= 11 is 0.